The van der Waals surface area contributed by atoms with Crippen LogP contribution in [0.25, 0.3) is 6.08 Å². The third kappa shape index (κ3) is 5.90. The van der Waals surface area contributed by atoms with Gasteiger partial charge in [-0.15, -0.1) is 0 Å². The Labute approximate surface area is 198 Å². The van der Waals surface area contributed by atoms with Gasteiger partial charge in [-0.3, -0.25) is 4.79 Å². The van der Waals surface area contributed by atoms with Gasteiger partial charge in [0.05, 0.1) is 0 Å². The van der Waals surface area contributed by atoms with E-state index in [0.29, 0.717) is 12.3 Å². The van der Waals surface area contributed by atoms with E-state index in [9.17, 15) is 9.59 Å². The fourth-order valence-corrected chi connectivity index (χ4v) is 3.89. The minimum Gasteiger partial charge on any atom is -0.482 e. The number of carboxylic acid groups (broad SMARTS) is 1. The molecule has 5 nitrogen and oxygen atoms in total. The molecule has 0 bridgehead atoms. The topological polar surface area (TPSA) is 68.5 Å². The van der Waals surface area contributed by atoms with E-state index in [-0.39, 0.29) is 18.1 Å². The first-order valence-corrected chi connectivity index (χ1v) is 11.0. The minimum atomic E-state index is -1.02. The molecule has 34 heavy (non-hydrogen) atoms. The van der Waals surface area contributed by atoms with E-state index in [4.69, 9.17) is 9.84 Å². The lowest BCUT2D eigenvalue weighted by Crippen LogP contribution is -2.19. The van der Waals surface area contributed by atoms with Crippen LogP contribution in [0.3, 0.4) is 0 Å². The van der Waals surface area contributed by atoms with E-state index in [0.717, 1.165) is 22.3 Å². The minimum absolute atomic E-state index is 0.0151. The Bertz CT molecular complexity index is 1290. The first-order valence-electron chi connectivity index (χ1n) is 11.0. The Kier molecular flexibility index (Phi) is 7.35. The largest absolute Gasteiger partial charge is 0.482 e. The molecule has 0 unspecified atom stereocenters. The molecule has 4 aromatic rings. The van der Waals surface area contributed by atoms with Crippen molar-refractivity contribution in [3.8, 4) is 5.75 Å². The summed E-state index contributed by atoms with van der Waals surface area (Å²) in [7, 11) is 0. The van der Waals surface area contributed by atoms with Gasteiger partial charge in [0.15, 0.2) is 6.61 Å². The number of allylic oxidation sites excluding steroid dienone is 1. The van der Waals surface area contributed by atoms with Crippen molar-refractivity contribution < 1.29 is 14.6 Å². The Balaban J connectivity index is 1.58. The molecule has 1 N–H and O–H groups in total. The van der Waals surface area contributed by atoms with Gasteiger partial charge in [0, 0.05) is 24.7 Å². The number of benzene rings is 3. The highest BCUT2D eigenvalue weighted by atomic mass is 16.5. The number of carboxylic acids is 1. The van der Waals surface area contributed by atoms with Crippen LogP contribution in [0, 0.1) is 0 Å². The molecule has 0 saturated heterocycles. The number of hydrogen-bond acceptors (Lipinski definition) is 3. The molecule has 4 rings (SSSR count). The smallest absolute Gasteiger partial charge is 0.341 e. The highest BCUT2D eigenvalue weighted by molar-refractivity contribution is 5.68. The van der Waals surface area contributed by atoms with E-state index in [1.807, 2.05) is 66.9 Å². The molecule has 0 aliphatic rings. The first-order chi connectivity index (χ1) is 16.6. The van der Waals surface area contributed by atoms with Gasteiger partial charge >= 0.3 is 5.97 Å². The molecule has 0 amide bonds. The van der Waals surface area contributed by atoms with Gasteiger partial charge in [-0.25, -0.2) is 4.79 Å². The van der Waals surface area contributed by atoms with E-state index >= 15 is 0 Å². The molecule has 170 valence electrons. The maximum atomic E-state index is 12.6. The summed E-state index contributed by atoms with van der Waals surface area (Å²) in [6.45, 7) is 0.0164. The van der Waals surface area contributed by atoms with Crippen molar-refractivity contribution in [3.63, 3.8) is 0 Å². The highest BCUT2D eigenvalue weighted by Crippen LogP contribution is 2.31. The molecule has 1 aromatic heterocycles. The second kappa shape index (κ2) is 11.0. The zero-order valence-corrected chi connectivity index (χ0v) is 18.6. The normalized spacial score (nSPS) is 11.1. The van der Waals surface area contributed by atoms with Gasteiger partial charge in [0.2, 0.25) is 0 Å². The number of rotatable bonds is 9. The van der Waals surface area contributed by atoms with Crippen molar-refractivity contribution in [3.05, 3.63) is 142 Å². The van der Waals surface area contributed by atoms with Crippen molar-refractivity contribution in [1.82, 2.24) is 4.57 Å². The summed E-state index contributed by atoms with van der Waals surface area (Å²) in [5.41, 5.74) is 4.14. The molecular weight excluding hydrogens is 426 g/mol. The number of aromatic nitrogens is 1. The van der Waals surface area contributed by atoms with E-state index in [1.165, 1.54) is 0 Å². The predicted molar refractivity (Wildman–Crippen MR) is 133 cm³/mol. The van der Waals surface area contributed by atoms with Crippen molar-refractivity contribution in [1.29, 1.82) is 0 Å². The van der Waals surface area contributed by atoms with Crippen LogP contribution >= 0.6 is 0 Å². The molecule has 0 saturated carbocycles. The molecule has 0 radical (unpaired) electrons. The lowest BCUT2D eigenvalue weighted by Gasteiger charge is -2.19. The average molecular weight is 452 g/mol. The van der Waals surface area contributed by atoms with Gasteiger partial charge in [-0.05, 0) is 34.4 Å². The monoisotopic (exact) mass is 451 g/mol. The van der Waals surface area contributed by atoms with Crippen molar-refractivity contribution >= 4 is 12.0 Å². The fourth-order valence-electron chi connectivity index (χ4n) is 3.89. The lowest BCUT2D eigenvalue weighted by atomic mass is 9.86. The average Bonchev–Trinajstić information content (AvgIpc) is 2.86. The van der Waals surface area contributed by atoms with Crippen LogP contribution in [0.5, 0.6) is 5.75 Å². The van der Waals surface area contributed by atoms with Crippen LogP contribution in [0.2, 0.25) is 0 Å². The van der Waals surface area contributed by atoms with Gasteiger partial charge in [0.25, 0.3) is 5.56 Å². The summed E-state index contributed by atoms with van der Waals surface area (Å²) >= 11 is 0. The molecule has 0 aliphatic heterocycles. The van der Waals surface area contributed by atoms with E-state index < -0.39 is 5.97 Å². The Morgan fingerprint density at radius 2 is 1.53 bits per heavy atom. The molecule has 0 spiro atoms. The second-order valence-corrected chi connectivity index (χ2v) is 7.86. The molecule has 0 fully saturated rings. The van der Waals surface area contributed by atoms with Crippen LogP contribution in [0.1, 0.15) is 28.2 Å². The quantitative estimate of drug-likeness (QED) is 0.380. The molecule has 0 aliphatic carbocycles. The number of nitrogens with zero attached hydrogens (tertiary/aromatic N) is 1. The summed E-state index contributed by atoms with van der Waals surface area (Å²) in [6.07, 6.45) is 5.71. The summed E-state index contributed by atoms with van der Waals surface area (Å²) in [5, 5.41) is 8.77. The van der Waals surface area contributed by atoms with Crippen molar-refractivity contribution in [2.24, 2.45) is 0 Å². The number of pyridine rings is 1. The maximum Gasteiger partial charge on any atom is 0.341 e. The zero-order chi connectivity index (χ0) is 23.8. The SMILES string of the molecule is O=C(O)COc1cccc(C=CCn2cc(C(c3ccccc3)c3ccccc3)ccc2=O)c1. The van der Waals surface area contributed by atoms with Crippen LogP contribution < -0.4 is 10.3 Å². The fraction of sp³-hybridized carbons (Fsp3) is 0.103. The van der Waals surface area contributed by atoms with Gasteiger partial charge < -0.3 is 14.4 Å². The summed E-state index contributed by atoms with van der Waals surface area (Å²) in [6, 6.07) is 31.2. The van der Waals surface area contributed by atoms with Crippen LogP contribution in [-0.2, 0) is 11.3 Å². The van der Waals surface area contributed by atoms with Gasteiger partial charge in [-0.2, -0.15) is 0 Å². The van der Waals surface area contributed by atoms with Crippen molar-refractivity contribution in [2.45, 2.75) is 12.5 Å². The summed E-state index contributed by atoms with van der Waals surface area (Å²) in [4.78, 5) is 23.3. The van der Waals surface area contributed by atoms with Gasteiger partial charge in [0.1, 0.15) is 5.75 Å². The molecule has 0 atom stereocenters. The third-order valence-electron chi connectivity index (χ3n) is 5.44. The first kappa shape index (κ1) is 22.8. The molecular formula is C29H25NO4. The van der Waals surface area contributed by atoms with E-state index in [2.05, 4.69) is 24.3 Å². The lowest BCUT2D eigenvalue weighted by molar-refractivity contribution is -0.139. The predicted octanol–water partition coefficient (Wildman–Crippen LogP) is 5.21. The Morgan fingerprint density at radius 3 is 2.18 bits per heavy atom. The molecule has 1 heterocycles. The summed E-state index contributed by atoms with van der Waals surface area (Å²) < 4.78 is 6.92. The van der Waals surface area contributed by atoms with Crippen molar-refractivity contribution in [2.75, 3.05) is 6.61 Å². The number of hydrogen-bond donors (Lipinski definition) is 1. The standard InChI is InChI=1S/C29H25NO4/c31-27-17-16-25(29(23-11-3-1-4-12-23)24-13-5-2-6-14-24)20-30(27)18-8-10-22-9-7-15-26(19-22)34-21-28(32)33/h1-17,19-20,29H,18,21H2,(H,32,33). The van der Waals surface area contributed by atoms with Crippen LogP contribution in [0.15, 0.2) is 114 Å². The summed E-state index contributed by atoms with van der Waals surface area (Å²) in [5.74, 6) is -0.525. The molecule has 5 heteroatoms. The van der Waals surface area contributed by atoms with Crippen LogP contribution in [-0.4, -0.2) is 22.2 Å². The maximum absolute atomic E-state index is 12.6. The number of aliphatic carboxylic acids is 1. The zero-order valence-electron chi connectivity index (χ0n) is 18.6. The number of ether oxygens (including phenoxy) is 1. The Hall–Kier alpha value is -4.38. The van der Waals surface area contributed by atoms with Gasteiger partial charge in [-0.1, -0.05) is 91.0 Å². The number of carbonyl (C=O) groups is 1. The highest BCUT2D eigenvalue weighted by Gasteiger charge is 2.17. The van der Waals surface area contributed by atoms with Crippen LogP contribution in [0.4, 0.5) is 0 Å². The Morgan fingerprint density at radius 1 is 0.853 bits per heavy atom. The third-order valence-corrected chi connectivity index (χ3v) is 5.44. The van der Waals surface area contributed by atoms with E-state index in [1.54, 1.807) is 28.8 Å². The molecule has 3 aromatic carbocycles. The second-order valence-electron chi connectivity index (χ2n) is 7.86.